The highest BCUT2D eigenvalue weighted by Gasteiger charge is 2.14. The predicted octanol–water partition coefficient (Wildman–Crippen LogP) is 2.35. The Hall–Kier alpha value is -1.84. The Morgan fingerprint density at radius 3 is 2.69 bits per heavy atom. The normalized spacial score (nSPS) is 12.3. The Morgan fingerprint density at radius 1 is 1.38 bits per heavy atom. The standard InChI is InChI=1S/C18H28N6O.HI/c1-12(9-16-13(2)23-24(5)14(16)3)22-18(19-4)21-11-15-7-8-20-17(10-15)25-6;/h7-8,10,12H,9,11H2,1-6H3,(H2,19,21,22);1H. The molecule has 0 saturated carbocycles. The monoisotopic (exact) mass is 472 g/mol. The minimum Gasteiger partial charge on any atom is -0.481 e. The van der Waals surface area contributed by atoms with Crippen molar-refractivity contribution in [1.82, 2.24) is 25.4 Å². The van der Waals surface area contributed by atoms with Crippen LogP contribution in [0.5, 0.6) is 5.88 Å². The fraction of sp³-hybridized carbons (Fsp3) is 0.500. The van der Waals surface area contributed by atoms with Crippen molar-refractivity contribution >= 4 is 29.9 Å². The van der Waals surface area contributed by atoms with Gasteiger partial charge in [-0.15, -0.1) is 24.0 Å². The van der Waals surface area contributed by atoms with Gasteiger partial charge < -0.3 is 15.4 Å². The van der Waals surface area contributed by atoms with Gasteiger partial charge in [-0.25, -0.2) is 4.98 Å². The van der Waals surface area contributed by atoms with E-state index >= 15 is 0 Å². The zero-order valence-electron chi connectivity index (χ0n) is 16.3. The van der Waals surface area contributed by atoms with E-state index in [1.54, 1.807) is 20.4 Å². The van der Waals surface area contributed by atoms with Crippen molar-refractivity contribution in [3.8, 4) is 5.88 Å². The van der Waals surface area contributed by atoms with Crippen molar-refractivity contribution in [2.45, 2.75) is 39.8 Å². The Bertz CT molecular complexity index is 743. The van der Waals surface area contributed by atoms with E-state index in [1.807, 2.05) is 23.9 Å². The number of hydrogen-bond donors (Lipinski definition) is 2. The first-order chi connectivity index (χ1) is 11.9. The zero-order valence-corrected chi connectivity index (χ0v) is 18.7. The number of pyridine rings is 1. The van der Waals surface area contributed by atoms with Gasteiger partial charge in [-0.2, -0.15) is 5.10 Å². The van der Waals surface area contributed by atoms with E-state index < -0.39 is 0 Å². The van der Waals surface area contributed by atoms with E-state index in [9.17, 15) is 0 Å². The molecule has 0 saturated heterocycles. The molecule has 0 aliphatic heterocycles. The summed E-state index contributed by atoms with van der Waals surface area (Å²) in [7, 11) is 5.37. The van der Waals surface area contributed by atoms with Crippen LogP contribution in [0.25, 0.3) is 0 Å². The van der Waals surface area contributed by atoms with Crippen LogP contribution in [0.15, 0.2) is 23.3 Å². The summed E-state index contributed by atoms with van der Waals surface area (Å²) in [6.07, 6.45) is 2.64. The van der Waals surface area contributed by atoms with Gasteiger partial charge >= 0.3 is 0 Å². The second kappa shape index (κ2) is 10.3. The summed E-state index contributed by atoms with van der Waals surface area (Å²) < 4.78 is 7.08. The second-order valence-corrected chi connectivity index (χ2v) is 6.15. The first kappa shape index (κ1) is 22.2. The highest BCUT2D eigenvalue weighted by molar-refractivity contribution is 14.0. The van der Waals surface area contributed by atoms with Crippen molar-refractivity contribution in [2.75, 3.05) is 14.2 Å². The number of nitrogens with zero attached hydrogens (tertiary/aromatic N) is 4. The van der Waals surface area contributed by atoms with Gasteiger partial charge in [-0.3, -0.25) is 9.67 Å². The molecule has 0 aliphatic carbocycles. The van der Waals surface area contributed by atoms with Crippen LogP contribution in [0.3, 0.4) is 0 Å². The maximum atomic E-state index is 5.15. The van der Waals surface area contributed by atoms with Crippen LogP contribution in [0.4, 0.5) is 0 Å². The largest absolute Gasteiger partial charge is 0.481 e. The number of hydrogen-bond acceptors (Lipinski definition) is 4. The molecule has 2 heterocycles. The molecule has 2 aromatic rings. The minimum atomic E-state index is 0. The summed E-state index contributed by atoms with van der Waals surface area (Å²) in [5.41, 5.74) is 4.66. The van der Waals surface area contributed by atoms with Crippen LogP contribution in [0, 0.1) is 13.8 Å². The van der Waals surface area contributed by atoms with Crippen LogP contribution >= 0.6 is 24.0 Å². The first-order valence-corrected chi connectivity index (χ1v) is 8.39. The van der Waals surface area contributed by atoms with Gasteiger partial charge in [0, 0.05) is 44.6 Å². The average Bonchev–Trinajstić information content (AvgIpc) is 2.84. The molecule has 26 heavy (non-hydrogen) atoms. The molecule has 0 amide bonds. The number of guanidine groups is 1. The molecular formula is C18H29IN6O. The number of aliphatic imine (C=N–C) groups is 1. The molecule has 0 bridgehead atoms. The highest BCUT2D eigenvalue weighted by Crippen LogP contribution is 2.14. The molecule has 0 fully saturated rings. The molecular weight excluding hydrogens is 443 g/mol. The Balaban J connectivity index is 0.00000338. The molecule has 1 unspecified atom stereocenters. The van der Waals surface area contributed by atoms with Crippen LogP contribution in [-0.4, -0.2) is 40.9 Å². The Labute approximate surface area is 172 Å². The minimum absolute atomic E-state index is 0. The van der Waals surface area contributed by atoms with Crippen molar-refractivity contribution in [3.63, 3.8) is 0 Å². The lowest BCUT2D eigenvalue weighted by atomic mass is 10.1. The third-order valence-electron chi connectivity index (χ3n) is 4.24. The Kier molecular flexibility index (Phi) is 8.83. The number of methoxy groups -OCH3 is 1. The predicted molar refractivity (Wildman–Crippen MR) is 115 cm³/mol. The van der Waals surface area contributed by atoms with Gasteiger partial charge in [0.25, 0.3) is 0 Å². The van der Waals surface area contributed by atoms with Crippen LogP contribution in [0.1, 0.15) is 29.4 Å². The summed E-state index contributed by atoms with van der Waals surface area (Å²) >= 11 is 0. The summed E-state index contributed by atoms with van der Waals surface area (Å²) in [5.74, 6) is 1.38. The molecule has 0 aliphatic rings. The second-order valence-electron chi connectivity index (χ2n) is 6.15. The van der Waals surface area contributed by atoms with Gasteiger partial charge in [-0.1, -0.05) is 0 Å². The summed E-state index contributed by atoms with van der Waals surface area (Å²) in [6, 6.07) is 4.10. The molecule has 2 N–H and O–H groups in total. The van der Waals surface area contributed by atoms with Crippen molar-refractivity contribution < 1.29 is 4.74 Å². The maximum absolute atomic E-state index is 5.15. The SMILES string of the molecule is CN=C(NCc1ccnc(OC)c1)NC(C)Cc1c(C)nn(C)c1C.I. The number of halogens is 1. The number of nitrogens with one attached hydrogen (secondary N) is 2. The van der Waals surface area contributed by atoms with Gasteiger partial charge in [-0.05, 0) is 44.4 Å². The van der Waals surface area contributed by atoms with Crippen molar-refractivity contribution in [2.24, 2.45) is 12.0 Å². The molecule has 0 spiro atoms. The zero-order chi connectivity index (χ0) is 18.4. The molecule has 144 valence electrons. The summed E-state index contributed by atoms with van der Waals surface area (Å²) in [5, 5.41) is 11.2. The van der Waals surface area contributed by atoms with Crippen LogP contribution < -0.4 is 15.4 Å². The van der Waals surface area contributed by atoms with E-state index in [-0.39, 0.29) is 30.0 Å². The molecule has 0 radical (unpaired) electrons. The van der Waals surface area contributed by atoms with E-state index in [4.69, 9.17) is 4.74 Å². The smallest absolute Gasteiger partial charge is 0.213 e. The van der Waals surface area contributed by atoms with Gasteiger partial charge in [0.15, 0.2) is 5.96 Å². The third kappa shape index (κ3) is 5.86. The number of rotatable bonds is 6. The molecule has 1 atom stereocenters. The molecule has 2 aromatic heterocycles. The van der Waals surface area contributed by atoms with Crippen molar-refractivity contribution in [3.05, 3.63) is 40.8 Å². The first-order valence-electron chi connectivity index (χ1n) is 8.39. The summed E-state index contributed by atoms with van der Waals surface area (Å²) in [6.45, 7) is 6.95. The highest BCUT2D eigenvalue weighted by atomic mass is 127. The topological polar surface area (TPSA) is 76.4 Å². The third-order valence-corrected chi connectivity index (χ3v) is 4.24. The fourth-order valence-corrected chi connectivity index (χ4v) is 2.76. The number of ether oxygens (including phenoxy) is 1. The lowest BCUT2D eigenvalue weighted by molar-refractivity contribution is 0.397. The molecule has 0 aromatic carbocycles. The maximum Gasteiger partial charge on any atom is 0.213 e. The molecule has 8 heteroatoms. The summed E-state index contributed by atoms with van der Waals surface area (Å²) in [4.78, 5) is 8.42. The fourth-order valence-electron chi connectivity index (χ4n) is 2.76. The number of aryl methyl sites for hydroxylation is 2. The molecule has 2 rings (SSSR count). The van der Waals surface area contributed by atoms with Crippen LogP contribution in [-0.2, 0) is 20.0 Å². The van der Waals surface area contributed by atoms with Gasteiger partial charge in [0.05, 0.1) is 12.8 Å². The lowest BCUT2D eigenvalue weighted by Gasteiger charge is -2.18. The Morgan fingerprint density at radius 2 is 2.12 bits per heavy atom. The van der Waals surface area contributed by atoms with Crippen LogP contribution in [0.2, 0.25) is 0 Å². The van der Waals surface area contributed by atoms with E-state index in [1.165, 1.54) is 11.3 Å². The van der Waals surface area contributed by atoms with E-state index in [0.717, 1.165) is 23.6 Å². The molecule has 7 nitrogen and oxygen atoms in total. The van der Waals surface area contributed by atoms with Crippen molar-refractivity contribution in [1.29, 1.82) is 0 Å². The van der Waals surface area contributed by atoms with Gasteiger partial charge in [0.1, 0.15) is 0 Å². The lowest BCUT2D eigenvalue weighted by Crippen LogP contribution is -2.42. The quantitative estimate of drug-likeness (QED) is 0.384. The average molecular weight is 472 g/mol. The van der Waals surface area contributed by atoms with E-state index in [2.05, 4.69) is 46.5 Å². The van der Waals surface area contributed by atoms with Gasteiger partial charge in [0.2, 0.25) is 5.88 Å². The van der Waals surface area contributed by atoms with E-state index in [0.29, 0.717) is 12.4 Å². The number of aromatic nitrogens is 3.